The van der Waals surface area contributed by atoms with Gasteiger partial charge in [-0.3, -0.25) is 14.5 Å². The number of hydrogen-bond acceptors (Lipinski definition) is 2. The minimum Gasteiger partial charge on any atom is -0.274 e. The van der Waals surface area contributed by atoms with Gasteiger partial charge in [0.1, 0.15) is 0 Å². The molecule has 1 aromatic carbocycles. The Bertz CT molecular complexity index is 600. The van der Waals surface area contributed by atoms with E-state index < -0.39 is 0 Å². The quantitative estimate of drug-likeness (QED) is 0.629. The Kier molecular flexibility index (Phi) is 3.66. The molecule has 1 aromatic rings. The van der Waals surface area contributed by atoms with Gasteiger partial charge >= 0.3 is 0 Å². The highest BCUT2D eigenvalue weighted by Crippen LogP contribution is 2.39. The molecule has 0 spiro atoms. The highest BCUT2D eigenvalue weighted by Gasteiger charge is 2.48. The third kappa shape index (κ3) is 2.41. The van der Waals surface area contributed by atoms with Crippen molar-refractivity contribution in [3.63, 3.8) is 0 Å². The SMILES string of the molecule is CCCc1ccc(N2C(=O)C3CC=C(C)CC3C2=O)cc1. The topological polar surface area (TPSA) is 37.4 Å². The van der Waals surface area contributed by atoms with Crippen LogP contribution < -0.4 is 4.90 Å². The van der Waals surface area contributed by atoms with Crippen LogP contribution in [0.4, 0.5) is 5.69 Å². The van der Waals surface area contributed by atoms with Crippen molar-refractivity contribution in [2.75, 3.05) is 4.90 Å². The first-order chi connectivity index (χ1) is 10.1. The van der Waals surface area contributed by atoms with Gasteiger partial charge in [0, 0.05) is 0 Å². The van der Waals surface area contributed by atoms with Crippen molar-refractivity contribution in [3.8, 4) is 0 Å². The van der Waals surface area contributed by atoms with E-state index >= 15 is 0 Å². The highest BCUT2D eigenvalue weighted by atomic mass is 16.2. The Morgan fingerprint density at radius 2 is 1.76 bits per heavy atom. The molecule has 1 saturated heterocycles. The molecule has 1 aliphatic carbocycles. The molecule has 1 fully saturated rings. The smallest absolute Gasteiger partial charge is 0.238 e. The minimum absolute atomic E-state index is 0.0271. The molecule has 0 aromatic heterocycles. The van der Waals surface area contributed by atoms with E-state index in [2.05, 4.69) is 13.0 Å². The van der Waals surface area contributed by atoms with Crippen LogP contribution in [0.15, 0.2) is 35.9 Å². The molecule has 0 radical (unpaired) electrons. The Labute approximate surface area is 125 Å². The number of allylic oxidation sites excluding steroid dienone is 2. The lowest BCUT2D eigenvalue weighted by Gasteiger charge is -2.18. The summed E-state index contributed by atoms with van der Waals surface area (Å²) < 4.78 is 0. The highest BCUT2D eigenvalue weighted by molar-refractivity contribution is 6.22. The summed E-state index contributed by atoms with van der Waals surface area (Å²) in [6, 6.07) is 7.84. The van der Waals surface area contributed by atoms with Crippen molar-refractivity contribution in [1.29, 1.82) is 0 Å². The van der Waals surface area contributed by atoms with E-state index in [0.29, 0.717) is 6.42 Å². The number of carbonyl (C=O) groups excluding carboxylic acids is 2. The van der Waals surface area contributed by atoms with Gasteiger partial charge in [-0.05, 0) is 43.9 Å². The van der Waals surface area contributed by atoms with E-state index in [0.717, 1.165) is 24.9 Å². The zero-order valence-electron chi connectivity index (χ0n) is 12.6. The largest absolute Gasteiger partial charge is 0.274 e. The molecule has 1 aliphatic heterocycles. The predicted octanol–water partition coefficient (Wildman–Crippen LogP) is 3.48. The monoisotopic (exact) mass is 283 g/mol. The number of imide groups is 1. The molecule has 2 unspecified atom stereocenters. The van der Waals surface area contributed by atoms with Crippen LogP contribution in [0.5, 0.6) is 0 Å². The number of amides is 2. The summed E-state index contributed by atoms with van der Waals surface area (Å²) in [6.45, 7) is 4.18. The van der Waals surface area contributed by atoms with Crippen LogP contribution in [0, 0.1) is 11.8 Å². The fraction of sp³-hybridized carbons (Fsp3) is 0.444. The number of nitrogens with zero attached hydrogens (tertiary/aromatic N) is 1. The van der Waals surface area contributed by atoms with Gasteiger partial charge in [-0.1, -0.05) is 37.1 Å². The zero-order valence-corrected chi connectivity index (χ0v) is 12.6. The summed E-state index contributed by atoms with van der Waals surface area (Å²) in [4.78, 5) is 26.5. The number of carbonyl (C=O) groups is 2. The average molecular weight is 283 g/mol. The van der Waals surface area contributed by atoms with Crippen LogP contribution in [0.2, 0.25) is 0 Å². The number of aryl methyl sites for hydroxylation is 1. The first-order valence-electron chi connectivity index (χ1n) is 7.74. The van der Waals surface area contributed by atoms with Crippen LogP contribution in [-0.2, 0) is 16.0 Å². The predicted molar refractivity (Wildman–Crippen MR) is 82.9 cm³/mol. The van der Waals surface area contributed by atoms with Gasteiger partial charge in [0.15, 0.2) is 0 Å². The molecule has 1 heterocycles. The van der Waals surface area contributed by atoms with E-state index in [1.54, 1.807) is 0 Å². The molecule has 3 heteroatoms. The summed E-state index contributed by atoms with van der Waals surface area (Å²) in [6.07, 6.45) is 5.64. The van der Waals surface area contributed by atoms with Gasteiger partial charge in [-0.2, -0.15) is 0 Å². The Morgan fingerprint density at radius 1 is 1.10 bits per heavy atom. The van der Waals surface area contributed by atoms with Crippen LogP contribution in [0.1, 0.15) is 38.7 Å². The third-order valence-corrected chi connectivity index (χ3v) is 4.56. The number of rotatable bonds is 3. The van der Waals surface area contributed by atoms with Gasteiger partial charge in [-0.15, -0.1) is 0 Å². The number of anilines is 1. The van der Waals surface area contributed by atoms with Gasteiger partial charge in [0.05, 0.1) is 17.5 Å². The molecular formula is C18H21NO2. The summed E-state index contributed by atoms with van der Waals surface area (Å²) in [5.41, 5.74) is 3.18. The van der Waals surface area contributed by atoms with Gasteiger partial charge in [0.25, 0.3) is 0 Å². The Morgan fingerprint density at radius 3 is 2.43 bits per heavy atom. The zero-order chi connectivity index (χ0) is 15.0. The molecule has 3 rings (SSSR count). The number of hydrogen-bond donors (Lipinski definition) is 0. The molecule has 3 nitrogen and oxygen atoms in total. The second-order valence-corrected chi connectivity index (χ2v) is 6.13. The molecule has 0 saturated carbocycles. The average Bonchev–Trinajstić information content (AvgIpc) is 2.72. The van der Waals surface area contributed by atoms with Gasteiger partial charge in [0.2, 0.25) is 11.8 Å². The van der Waals surface area contributed by atoms with Gasteiger partial charge in [-0.25, -0.2) is 0 Å². The molecule has 110 valence electrons. The normalized spacial score (nSPS) is 25.0. The maximum Gasteiger partial charge on any atom is 0.238 e. The standard InChI is InChI=1S/C18H21NO2/c1-3-4-13-6-8-14(9-7-13)19-17(20)15-10-5-12(2)11-16(15)18(19)21/h5-9,15-16H,3-4,10-11H2,1-2H3. The fourth-order valence-electron chi connectivity index (χ4n) is 3.39. The van der Waals surface area contributed by atoms with Crippen LogP contribution in [0.3, 0.4) is 0 Å². The van der Waals surface area contributed by atoms with Crippen molar-refractivity contribution < 1.29 is 9.59 Å². The van der Waals surface area contributed by atoms with Crippen molar-refractivity contribution in [2.24, 2.45) is 11.8 Å². The first kappa shape index (κ1) is 14.1. The molecular weight excluding hydrogens is 262 g/mol. The molecule has 0 N–H and O–H groups in total. The lowest BCUT2D eigenvalue weighted by molar-refractivity contribution is -0.122. The molecule has 0 bridgehead atoms. The first-order valence-corrected chi connectivity index (χ1v) is 7.74. The van der Waals surface area contributed by atoms with Gasteiger partial charge < -0.3 is 0 Å². The summed E-state index contributed by atoms with van der Waals surface area (Å²) in [5.74, 6) is -0.369. The van der Waals surface area contributed by atoms with Crippen molar-refractivity contribution in [3.05, 3.63) is 41.5 Å². The van der Waals surface area contributed by atoms with E-state index in [-0.39, 0.29) is 23.7 Å². The Balaban J connectivity index is 1.86. The maximum absolute atomic E-state index is 12.6. The number of fused-ring (bicyclic) bond motifs is 1. The van der Waals surface area contributed by atoms with E-state index in [4.69, 9.17) is 0 Å². The minimum atomic E-state index is -0.156. The molecule has 2 atom stereocenters. The van der Waals surface area contributed by atoms with Crippen molar-refractivity contribution in [2.45, 2.75) is 39.5 Å². The second-order valence-electron chi connectivity index (χ2n) is 6.13. The molecule has 2 aliphatic rings. The van der Waals surface area contributed by atoms with Crippen LogP contribution in [-0.4, -0.2) is 11.8 Å². The molecule has 21 heavy (non-hydrogen) atoms. The Hall–Kier alpha value is -1.90. The lowest BCUT2D eigenvalue weighted by atomic mass is 9.82. The van der Waals surface area contributed by atoms with Crippen molar-refractivity contribution >= 4 is 17.5 Å². The molecule has 2 amide bonds. The van der Waals surface area contributed by atoms with Crippen LogP contribution in [0.25, 0.3) is 0 Å². The number of benzene rings is 1. The maximum atomic E-state index is 12.6. The van der Waals surface area contributed by atoms with Crippen molar-refractivity contribution in [1.82, 2.24) is 0 Å². The summed E-state index contributed by atoms with van der Waals surface area (Å²) in [5, 5.41) is 0. The second kappa shape index (κ2) is 5.47. The van der Waals surface area contributed by atoms with Crippen LogP contribution >= 0.6 is 0 Å². The van der Waals surface area contributed by atoms with E-state index in [1.807, 2.05) is 31.2 Å². The van der Waals surface area contributed by atoms with E-state index in [9.17, 15) is 9.59 Å². The third-order valence-electron chi connectivity index (χ3n) is 4.56. The fourth-order valence-corrected chi connectivity index (χ4v) is 3.39. The summed E-state index contributed by atoms with van der Waals surface area (Å²) in [7, 11) is 0. The lowest BCUT2D eigenvalue weighted by Crippen LogP contribution is -2.30. The van der Waals surface area contributed by atoms with E-state index in [1.165, 1.54) is 16.0 Å². The summed E-state index contributed by atoms with van der Waals surface area (Å²) >= 11 is 0.